The number of pyridine rings is 1. The molecule has 11 heteroatoms. The topological polar surface area (TPSA) is 93.4 Å². The van der Waals surface area contributed by atoms with Crippen molar-refractivity contribution in [2.24, 2.45) is 0 Å². The largest absolute Gasteiger partial charge is 0.471 e. The summed E-state index contributed by atoms with van der Waals surface area (Å²) in [7, 11) is 0. The number of nitrogens with one attached hydrogen (secondary N) is 1. The monoisotopic (exact) mass is 475 g/mol. The number of halogens is 3. The Morgan fingerprint density at radius 1 is 1.18 bits per heavy atom. The van der Waals surface area contributed by atoms with E-state index in [0.29, 0.717) is 5.56 Å². The van der Waals surface area contributed by atoms with Gasteiger partial charge in [-0.25, -0.2) is 9.78 Å². The van der Waals surface area contributed by atoms with E-state index in [1.807, 2.05) is 12.1 Å². The predicted molar refractivity (Wildman–Crippen MR) is 117 cm³/mol. The first-order chi connectivity index (χ1) is 16.3. The van der Waals surface area contributed by atoms with E-state index >= 15 is 0 Å². The second kappa shape index (κ2) is 10.1. The molecule has 1 aliphatic heterocycles. The summed E-state index contributed by atoms with van der Waals surface area (Å²) in [4.78, 5) is 22.2. The number of aryl methyl sites for hydroxylation is 1. The molecule has 0 spiro atoms. The number of alkyl halides is 3. The van der Waals surface area contributed by atoms with Crippen LogP contribution < -0.4 is 10.2 Å². The number of anilines is 1. The Balaban J connectivity index is 1.27. The lowest BCUT2D eigenvalue weighted by molar-refractivity contribution is -0.159. The fraction of sp³-hybridized carbons (Fsp3) is 0.391. The van der Waals surface area contributed by atoms with Gasteiger partial charge in [-0.1, -0.05) is 23.4 Å². The number of ether oxygens (including phenoxy) is 1. The van der Waals surface area contributed by atoms with Gasteiger partial charge in [-0.3, -0.25) is 0 Å². The first kappa shape index (κ1) is 23.5. The van der Waals surface area contributed by atoms with Gasteiger partial charge in [0.05, 0.1) is 0 Å². The summed E-state index contributed by atoms with van der Waals surface area (Å²) < 4.78 is 47.5. The fourth-order valence-electron chi connectivity index (χ4n) is 3.67. The zero-order valence-electron chi connectivity index (χ0n) is 18.6. The van der Waals surface area contributed by atoms with E-state index in [4.69, 9.17) is 4.74 Å². The Labute approximate surface area is 194 Å². The van der Waals surface area contributed by atoms with Crippen LogP contribution in [0.25, 0.3) is 11.4 Å². The van der Waals surface area contributed by atoms with E-state index in [0.717, 1.165) is 35.6 Å². The quantitative estimate of drug-likeness (QED) is 0.543. The van der Waals surface area contributed by atoms with Gasteiger partial charge < -0.3 is 19.5 Å². The number of amides is 1. The molecule has 1 aromatic carbocycles. The zero-order chi connectivity index (χ0) is 24.1. The van der Waals surface area contributed by atoms with Crippen molar-refractivity contribution in [3.63, 3.8) is 0 Å². The van der Waals surface area contributed by atoms with E-state index in [1.54, 1.807) is 31.3 Å². The smallest absolute Gasteiger partial charge is 0.445 e. The first-order valence-corrected chi connectivity index (χ1v) is 10.9. The van der Waals surface area contributed by atoms with Crippen LogP contribution in [-0.4, -0.2) is 34.3 Å². The third-order valence-electron chi connectivity index (χ3n) is 5.55. The molecular formula is C23H24F3N5O3. The molecule has 0 saturated carbocycles. The molecule has 1 amide bonds. The number of carbonyl (C=O) groups excluding carboxylic acids is 1. The molecule has 0 radical (unpaired) electrons. The third kappa shape index (κ3) is 5.83. The summed E-state index contributed by atoms with van der Waals surface area (Å²) in [5.41, 5.74) is 2.68. The maximum absolute atomic E-state index is 12.6. The van der Waals surface area contributed by atoms with Gasteiger partial charge in [0.25, 0.3) is 0 Å². The molecule has 34 heavy (non-hydrogen) atoms. The van der Waals surface area contributed by atoms with Crippen molar-refractivity contribution in [3.05, 3.63) is 59.1 Å². The molecule has 1 saturated heterocycles. The van der Waals surface area contributed by atoms with E-state index in [9.17, 15) is 18.0 Å². The summed E-state index contributed by atoms with van der Waals surface area (Å²) in [6.07, 6.45) is 0.0216. The Kier molecular flexibility index (Phi) is 6.99. The molecule has 2 aromatic heterocycles. The third-order valence-corrected chi connectivity index (χ3v) is 5.55. The van der Waals surface area contributed by atoms with Crippen LogP contribution in [0.2, 0.25) is 0 Å². The molecule has 1 N–H and O–H groups in total. The number of carbonyl (C=O) groups is 1. The van der Waals surface area contributed by atoms with E-state index in [2.05, 4.69) is 29.9 Å². The minimum Gasteiger partial charge on any atom is -0.445 e. The molecule has 8 nitrogen and oxygen atoms in total. The molecule has 0 unspecified atom stereocenters. The molecule has 0 atom stereocenters. The minimum atomic E-state index is -4.70. The van der Waals surface area contributed by atoms with Crippen molar-refractivity contribution in [2.75, 3.05) is 18.0 Å². The van der Waals surface area contributed by atoms with Crippen molar-refractivity contribution in [1.82, 2.24) is 20.4 Å². The number of benzene rings is 1. The summed E-state index contributed by atoms with van der Waals surface area (Å²) in [5.74, 6) is -0.624. The van der Waals surface area contributed by atoms with Crippen LogP contribution in [-0.2, 0) is 24.1 Å². The Morgan fingerprint density at radius 2 is 1.97 bits per heavy atom. The number of piperidine rings is 1. The molecule has 0 aliphatic carbocycles. The number of hydrogen-bond donors (Lipinski definition) is 1. The van der Waals surface area contributed by atoms with Crippen molar-refractivity contribution in [1.29, 1.82) is 0 Å². The molecule has 3 aromatic rings. The summed E-state index contributed by atoms with van der Waals surface area (Å²) in [5, 5.41) is 6.05. The highest BCUT2D eigenvalue weighted by Gasteiger charge is 2.38. The summed E-state index contributed by atoms with van der Waals surface area (Å²) in [6.45, 7) is 4.07. The van der Waals surface area contributed by atoms with Gasteiger partial charge in [-0.05, 0) is 49.4 Å². The highest BCUT2D eigenvalue weighted by Crippen LogP contribution is 2.29. The molecule has 180 valence electrons. The van der Waals surface area contributed by atoms with Gasteiger partial charge in [-0.2, -0.15) is 18.2 Å². The maximum Gasteiger partial charge on any atom is 0.471 e. The van der Waals surface area contributed by atoms with Gasteiger partial charge in [0, 0.05) is 37.0 Å². The molecule has 0 bridgehead atoms. The highest BCUT2D eigenvalue weighted by molar-refractivity contribution is 5.67. The van der Waals surface area contributed by atoms with Gasteiger partial charge in [0.15, 0.2) is 0 Å². The first-order valence-electron chi connectivity index (χ1n) is 10.9. The normalized spacial score (nSPS) is 14.2. The SMILES string of the molecule is Cc1cc(-c2noc(C(F)(F)F)n2)ccc1CNC(=O)OCc1ccc(N2CCCCC2)nc1. The van der Waals surface area contributed by atoms with Crippen LogP contribution in [0.1, 0.15) is 41.8 Å². The molecule has 1 aliphatic rings. The lowest BCUT2D eigenvalue weighted by Gasteiger charge is -2.27. The van der Waals surface area contributed by atoms with Crippen molar-refractivity contribution in [3.8, 4) is 11.4 Å². The van der Waals surface area contributed by atoms with Crippen molar-refractivity contribution >= 4 is 11.9 Å². The van der Waals surface area contributed by atoms with Crippen LogP contribution >= 0.6 is 0 Å². The standard InChI is InChI=1S/C23H24F3N5O3/c1-15-11-17(20-29-21(34-30-20)23(24,25)26)6-7-18(15)13-28-22(32)33-14-16-5-8-19(27-12-16)31-9-3-2-4-10-31/h5-8,11-12H,2-4,9-10,13-14H2,1H3,(H,28,32). The van der Waals surface area contributed by atoms with Crippen molar-refractivity contribution in [2.45, 2.75) is 45.5 Å². The van der Waals surface area contributed by atoms with Gasteiger partial charge >= 0.3 is 18.2 Å². The number of nitrogens with zero attached hydrogens (tertiary/aromatic N) is 4. The average molecular weight is 475 g/mol. The second-order valence-electron chi connectivity index (χ2n) is 8.06. The molecule has 3 heterocycles. The maximum atomic E-state index is 12.6. The number of alkyl carbamates (subject to hydrolysis) is 1. The van der Waals surface area contributed by atoms with E-state index < -0.39 is 18.2 Å². The van der Waals surface area contributed by atoms with Crippen molar-refractivity contribution < 1.29 is 27.2 Å². The second-order valence-corrected chi connectivity index (χ2v) is 8.06. The molecular weight excluding hydrogens is 451 g/mol. The number of aromatic nitrogens is 3. The molecule has 1 fully saturated rings. The van der Waals surface area contributed by atoms with E-state index in [1.165, 1.54) is 19.3 Å². The Hall–Kier alpha value is -3.63. The average Bonchev–Trinajstić information content (AvgIpc) is 3.34. The fourth-order valence-corrected chi connectivity index (χ4v) is 3.67. The number of rotatable bonds is 6. The minimum absolute atomic E-state index is 0.0937. The Bertz CT molecular complexity index is 1130. The summed E-state index contributed by atoms with van der Waals surface area (Å²) >= 11 is 0. The lowest BCUT2D eigenvalue weighted by atomic mass is 10.0. The highest BCUT2D eigenvalue weighted by atomic mass is 19.4. The van der Waals surface area contributed by atoms with Crippen LogP contribution in [0.4, 0.5) is 23.8 Å². The van der Waals surface area contributed by atoms with Gasteiger partial charge in [0.2, 0.25) is 5.82 Å². The van der Waals surface area contributed by atoms with Gasteiger partial charge in [-0.15, -0.1) is 0 Å². The van der Waals surface area contributed by atoms with E-state index in [-0.39, 0.29) is 19.0 Å². The Morgan fingerprint density at radius 3 is 2.62 bits per heavy atom. The van der Waals surface area contributed by atoms with Gasteiger partial charge in [0.1, 0.15) is 12.4 Å². The van der Waals surface area contributed by atoms with Crippen LogP contribution in [0.15, 0.2) is 41.1 Å². The predicted octanol–water partition coefficient (Wildman–Crippen LogP) is 4.88. The molecule has 4 rings (SSSR count). The number of hydrogen-bond acceptors (Lipinski definition) is 7. The van der Waals surface area contributed by atoms with Crippen LogP contribution in [0.3, 0.4) is 0 Å². The van der Waals surface area contributed by atoms with Crippen LogP contribution in [0.5, 0.6) is 0 Å². The van der Waals surface area contributed by atoms with Crippen LogP contribution in [0, 0.1) is 6.92 Å². The lowest BCUT2D eigenvalue weighted by Crippen LogP contribution is -2.30. The zero-order valence-corrected chi connectivity index (χ0v) is 18.6. The summed E-state index contributed by atoms with van der Waals surface area (Å²) in [6, 6.07) is 8.71.